The number of primary amides is 1. The molecule has 0 saturated heterocycles. The molecule has 0 unspecified atom stereocenters. The number of nitrogen functional groups attached to an aromatic ring is 1. The molecule has 2 heterocycles. The van der Waals surface area contributed by atoms with Crippen LogP contribution in [0.5, 0.6) is 0 Å². The molecule has 5 N–H and O–H groups in total. The predicted molar refractivity (Wildman–Crippen MR) is 133 cm³/mol. The number of anilines is 2. The van der Waals surface area contributed by atoms with Crippen LogP contribution in [0.2, 0.25) is 0 Å². The van der Waals surface area contributed by atoms with Gasteiger partial charge in [0.2, 0.25) is 0 Å². The van der Waals surface area contributed by atoms with Gasteiger partial charge >= 0.3 is 0 Å². The van der Waals surface area contributed by atoms with Crippen LogP contribution in [0.4, 0.5) is 15.8 Å². The molecule has 0 bridgehead atoms. The van der Waals surface area contributed by atoms with E-state index in [0.717, 1.165) is 16.5 Å². The first-order valence-corrected chi connectivity index (χ1v) is 11.6. The Bertz CT molecular complexity index is 1420. The molecule has 1 atom stereocenters. The highest BCUT2D eigenvalue weighted by Gasteiger charge is 2.38. The van der Waals surface area contributed by atoms with Gasteiger partial charge in [0.15, 0.2) is 11.7 Å². The number of halogens is 1. The van der Waals surface area contributed by atoms with Crippen LogP contribution in [0.15, 0.2) is 71.1 Å². The Labute approximate surface area is 209 Å². The number of nitrogens with zero attached hydrogens (tertiary/aromatic N) is 2. The second-order valence-electron chi connectivity index (χ2n) is 7.85. The highest BCUT2D eigenvalue weighted by atomic mass is 32.1. The third-order valence-electron chi connectivity index (χ3n) is 5.31. The summed E-state index contributed by atoms with van der Waals surface area (Å²) in [6.45, 7) is 1.87. The first kappa shape index (κ1) is 24.6. The average molecular weight is 508 g/mol. The predicted octanol–water partition coefficient (Wildman–Crippen LogP) is 3.57. The van der Waals surface area contributed by atoms with E-state index < -0.39 is 29.6 Å². The molecule has 3 amide bonds. The fourth-order valence-electron chi connectivity index (χ4n) is 3.60. The van der Waals surface area contributed by atoms with E-state index in [1.54, 1.807) is 19.1 Å². The fraction of sp³-hybridized carbons (Fsp3) is 0.120. The monoisotopic (exact) mass is 507 g/mol. The Morgan fingerprint density at radius 2 is 1.86 bits per heavy atom. The summed E-state index contributed by atoms with van der Waals surface area (Å²) in [5.74, 6) is -2.24. The van der Waals surface area contributed by atoms with Crippen LogP contribution in [-0.2, 0) is 11.3 Å². The minimum absolute atomic E-state index is 0.0716. The van der Waals surface area contributed by atoms with Crippen LogP contribution in [-0.4, -0.2) is 22.1 Å². The van der Waals surface area contributed by atoms with Crippen molar-refractivity contribution in [2.45, 2.75) is 19.5 Å². The maximum atomic E-state index is 14.3. The molecule has 0 spiro atoms. The van der Waals surface area contributed by atoms with Gasteiger partial charge in [-0.3, -0.25) is 19.3 Å². The van der Waals surface area contributed by atoms with Crippen LogP contribution in [0.3, 0.4) is 0 Å². The molecule has 0 saturated carbocycles. The van der Waals surface area contributed by atoms with E-state index in [0.29, 0.717) is 17.3 Å². The molecule has 9 nitrogen and oxygen atoms in total. The van der Waals surface area contributed by atoms with Crippen molar-refractivity contribution in [2.75, 3.05) is 10.6 Å². The Morgan fingerprint density at radius 1 is 1.11 bits per heavy atom. The van der Waals surface area contributed by atoms with Gasteiger partial charge in [0.05, 0.1) is 5.69 Å². The van der Waals surface area contributed by atoms with Gasteiger partial charge < -0.3 is 21.2 Å². The molecule has 0 aliphatic rings. The number of furan rings is 1. The minimum atomic E-state index is -1.34. The summed E-state index contributed by atoms with van der Waals surface area (Å²) < 4.78 is 23.9. The number of amides is 3. The first-order valence-electron chi connectivity index (χ1n) is 10.8. The zero-order valence-corrected chi connectivity index (χ0v) is 19.9. The molecule has 4 aromatic rings. The van der Waals surface area contributed by atoms with Crippen LogP contribution in [0.1, 0.15) is 43.3 Å². The Kier molecular flexibility index (Phi) is 7.11. The zero-order chi connectivity index (χ0) is 25.8. The number of hydrogen-bond acceptors (Lipinski definition) is 7. The van der Waals surface area contributed by atoms with Gasteiger partial charge in [-0.1, -0.05) is 36.4 Å². The van der Waals surface area contributed by atoms with Gasteiger partial charge in [-0.05, 0) is 54.4 Å². The maximum Gasteiger partial charge on any atom is 0.273 e. The maximum absolute atomic E-state index is 14.3. The van der Waals surface area contributed by atoms with Crippen molar-refractivity contribution in [3.05, 3.63) is 100 Å². The van der Waals surface area contributed by atoms with Gasteiger partial charge in [0.25, 0.3) is 17.7 Å². The molecular weight excluding hydrogens is 485 g/mol. The molecule has 0 radical (unpaired) electrons. The highest BCUT2D eigenvalue weighted by molar-refractivity contribution is 7.09. The van der Waals surface area contributed by atoms with E-state index in [9.17, 15) is 18.8 Å². The molecule has 4 rings (SSSR count). The number of aromatic nitrogens is 1. The van der Waals surface area contributed by atoms with Crippen molar-refractivity contribution in [2.24, 2.45) is 5.73 Å². The molecule has 11 heteroatoms. The van der Waals surface area contributed by atoms with Gasteiger partial charge in [-0.25, -0.2) is 4.39 Å². The Hall–Kier alpha value is -4.51. The topological polar surface area (TPSA) is 145 Å². The number of carbonyl (C=O) groups is 3. The van der Waals surface area contributed by atoms with Crippen molar-refractivity contribution in [3.63, 3.8) is 0 Å². The molecule has 184 valence electrons. The lowest BCUT2D eigenvalue weighted by Crippen LogP contribution is -2.43. The Morgan fingerprint density at radius 3 is 2.47 bits per heavy atom. The zero-order valence-electron chi connectivity index (χ0n) is 19.1. The Balaban J connectivity index is 1.81. The van der Waals surface area contributed by atoms with Crippen molar-refractivity contribution in [3.8, 4) is 0 Å². The molecule has 0 aliphatic carbocycles. The summed E-state index contributed by atoms with van der Waals surface area (Å²) >= 11 is 0.656. The summed E-state index contributed by atoms with van der Waals surface area (Å²) in [4.78, 5) is 40.0. The number of hydrogen-bond donors (Lipinski definition) is 3. The molecule has 2 aromatic carbocycles. The van der Waals surface area contributed by atoms with Gasteiger partial charge in [0, 0.05) is 12.2 Å². The third-order valence-corrected chi connectivity index (χ3v) is 6.16. The third kappa shape index (κ3) is 5.10. The van der Waals surface area contributed by atoms with Gasteiger partial charge in [-0.15, -0.1) is 0 Å². The number of carbonyl (C=O) groups excluding carboxylic acids is 3. The van der Waals surface area contributed by atoms with Gasteiger partial charge in [0.1, 0.15) is 22.2 Å². The van der Waals surface area contributed by atoms with Crippen LogP contribution in [0.25, 0.3) is 0 Å². The molecular formula is C25H22FN5O4S. The number of nitrogens with two attached hydrogens (primary N) is 2. The van der Waals surface area contributed by atoms with Crippen molar-refractivity contribution >= 4 is 40.6 Å². The van der Waals surface area contributed by atoms with E-state index >= 15 is 0 Å². The van der Waals surface area contributed by atoms with E-state index in [4.69, 9.17) is 15.9 Å². The minimum Gasteiger partial charge on any atom is -0.464 e. The summed E-state index contributed by atoms with van der Waals surface area (Å²) in [6.07, 6.45) is 0. The normalized spacial score (nSPS) is 11.6. The van der Waals surface area contributed by atoms with Crippen LogP contribution < -0.4 is 21.7 Å². The second kappa shape index (κ2) is 10.4. The summed E-state index contributed by atoms with van der Waals surface area (Å²) in [6, 6.07) is 16.3. The van der Waals surface area contributed by atoms with Crippen molar-refractivity contribution < 1.29 is 23.2 Å². The lowest BCUT2D eigenvalue weighted by Gasteiger charge is -2.29. The van der Waals surface area contributed by atoms with Crippen LogP contribution >= 0.6 is 11.5 Å². The standard InChI is InChI=1S/C25H22FN5O4S/c1-14-10-11-18(35-14)21(24(33)29-13-15-6-3-2-4-7-15)31(17-9-5-8-16(26)12-17)25(34)22-19(27)20(23(28)32)30-36-22/h2-12,21H,13,27H2,1H3,(H2,28,32)(H,29,33)/t21-/m1/s1. The fourth-order valence-corrected chi connectivity index (χ4v) is 4.35. The number of aryl methyl sites for hydroxylation is 1. The largest absolute Gasteiger partial charge is 0.464 e. The molecule has 2 aromatic heterocycles. The number of benzene rings is 2. The first-order chi connectivity index (χ1) is 17.3. The number of nitrogens with one attached hydrogen (secondary N) is 1. The van der Waals surface area contributed by atoms with Crippen LogP contribution in [0, 0.1) is 12.7 Å². The molecule has 0 aliphatic heterocycles. The van der Waals surface area contributed by atoms with Crippen molar-refractivity contribution in [1.82, 2.24) is 9.69 Å². The lowest BCUT2D eigenvalue weighted by molar-refractivity contribution is -0.123. The van der Waals surface area contributed by atoms with Gasteiger partial charge in [-0.2, -0.15) is 4.37 Å². The molecule has 36 heavy (non-hydrogen) atoms. The average Bonchev–Trinajstić information content (AvgIpc) is 3.46. The van der Waals surface area contributed by atoms with E-state index in [1.165, 1.54) is 18.2 Å². The second-order valence-corrected chi connectivity index (χ2v) is 8.62. The summed E-state index contributed by atoms with van der Waals surface area (Å²) in [7, 11) is 0. The molecule has 0 fully saturated rings. The van der Waals surface area contributed by atoms with Crippen molar-refractivity contribution in [1.29, 1.82) is 0 Å². The summed E-state index contributed by atoms with van der Waals surface area (Å²) in [5.41, 5.74) is 11.7. The smallest absolute Gasteiger partial charge is 0.273 e. The summed E-state index contributed by atoms with van der Waals surface area (Å²) in [5, 5.41) is 2.81. The SMILES string of the molecule is Cc1ccc([C@H](C(=O)NCc2ccccc2)N(C(=O)c2snc(C(N)=O)c2N)c2cccc(F)c2)o1. The quantitative estimate of drug-likeness (QED) is 0.333. The highest BCUT2D eigenvalue weighted by Crippen LogP contribution is 2.34. The number of rotatable bonds is 8. The lowest BCUT2D eigenvalue weighted by atomic mass is 10.1. The van der Waals surface area contributed by atoms with E-state index in [2.05, 4.69) is 9.69 Å². The van der Waals surface area contributed by atoms with E-state index in [1.807, 2.05) is 30.3 Å². The van der Waals surface area contributed by atoms with E-state index in [-0.39, 0.29) is 34.3 Å².